The minimum atomic E-state index is -0.677. The molecule has 3 nitrogen and oxygen atoms in total. The molecule has 154 valence electrons. The van der Waals surface area contributed by atoms with Gasteiger partial charge in [0.1, 0.15) is 6.10 Å². The number of aliphatic hydroxyl groups excluding tert-OH is 1. The van der Waals surface area contributed by atoms with E-state index in [0.717, 1.165) is 23.1 Å². The molecule has 2 aromatic carbocycles. The van der Waals surface area contributed by atoms with Crippen molar-refractivity contribution < 1.29 is 14.6 Å². The molecule has 0 radical (unpaired) electrons. The van der Waals surface area contributed by atoms with E-state index in [4.69, 9.17) is 4.74 Å². The molecule has 0 fully saturated rings. The van der Waals surface area contributed by atoms with Gasteiger partial charge in [0.25, 0.3) is 0 Å². The van der Waals surface area contributed by atoms with Crippen LogP contribution >= 0.6 is 0 Å². The molecule has 0 saturated heterocycles. The Balaban J connectivity index is 1.84. The van der Waals surface area contributed by atoms with E-state index in [2.05, 4.69) is 45.9 Å². The van der Waals surface area contributed by atoms with Crippen LogP contribution in [0.3, 0.4) is 0 Å². The van der Waals surface area contributed by atoms with E-state index in [0.29, 0.717) is 6.61 Å². The van der Waals surface area contributed by atoms with Crippen molar-refractivity contribution in [2.45, 2.75) is 64.4 Å². The van der Waals surface area contributed by atoms with Crippen molar-refractivity contribution in [3.8, 4) is 0 Å². The molecule has 1 unspecified atom stereocenters. The van der Waals surface area contributed by atoms with Crippen molar-refractivity contribution >= 4 is 12.0 Å². The van der Waals surface area contributed by atoms with Crippen molar-refractivity contribution in [3.63, 3.8) is 0 Å². The SMILES string of the molecule is CCOC(=O)C=Cc1ccc(C(O)c2ccc3c(c2)C(C)(C)CCC3(C)C)cc1. The number of carbonyl (C=O) groups is 1. The van der Waals surface area contributed by atoms with Gasteiger partial charge >= 0.3 is 5.97 Å². The van der Waals surface area contributed by atoms with Gasteiger partial charge in [-0.1, -0.05) is 70.2 Å². The quantitative estimate of drug-likeness (QED) is 0.525. The summed E-state index contributed by atoms with van der Waals surface area (Å²) in [5.41, 5.74) is 5.67. The number of rotatable bonds is 5. The molecule has 1 N–H and O–H groups in total. The Morgan fingerprint density at radius 3 is 2.21 bits per heavy atom. The first-order valence-corrected chi connectivity index (χ1v) is 10.4. The largest absolute Gasteiger partial charge is 0.463 e. The fourth-order valence-electron chi connectivity index (χ4n) is 4.11. The van der Waals surface area contributed by atoms with Gasteiger partial charge in [-0.2, -0.15) is 0 Å². The molecule has 29 heavy (non-hydrogen) atoms. The number of hydrogen-bond acceptors (Lipinski definition) is 3. The number of hydrogen-bond donors (Lipinski definition) is 1. The summed E-state index contributed by atoms with van der Waals surface area (Å²) in [5.74, 6) is -0.351. The smallest absolute Gasteiger partial charge is 0.330 e. The third-order valence-corrected chi connectivity index (χ3v) is 6.14. The number of fused-ring (bicyclic) bond motifs is 1. The molecular weight excluding hydrogens is 360 g/mol. The van der Waals surface area contributed by atoms with E-state index in [9.17, 15) is 9.90 Å². The molecule has 0 saturated carbocycles. The zero-order chi connectivity index (χ0) is 21.2. The summed E-state index contributed by atoms with van der Waals surface area (Å²) in [4.78, 5) is 11.4. The first-order chi connectivity index (χ1) is 13.6. The molecule has 0 heterocycles. The van der Waals surface area contributed by atoms with Crippen LogP contribution in [0.15, 0.2) is 48.5 Å². The lowest BCUT2D eigenvalue weighted by Crippen LogP contribution is -2.34. The van der Waals surface area contributed by atoms with Gasteiger partial charge in [0.2, 0.25) is 0 Å². The predicted molar refractivity (Wildman–Crippen MR) is 118 cm³/mol. The Kier molecular flexibility index (Phi) is 6.00. The fourth-order valence-corrected chi connectivity index (χ4v) is 4.11. The van der Waals surface area contributed by atoms with Crippen molar-refractivity contribution in [1.82, 2.24) is 0 Å². The molecule has 1 atom stereocenters. The van der Waals surface area contributed by atoms with Gasteiger partial charge in [-0.25, -0.2) is 4.79 Å². The molecule has 1 aliphatic carbocycles. The maximum absolute atomic E-state index is 11.4. The lowest BCUT2D eigenvalue weighted by molar-refractivity contribution is -0.137. The van der Waals surface area contributed by atoms with E-state index in [-0.39, 0.29) is 16.8 Å². The minimum absolute atomic E-state index is 0.113. The van der Waals surface area contributed by atoms with E-state index < -0.39 is 6.10 Å². The molecular formula is C26H32O3. The van der Waals surface area contributed by atoms with Gasteiger partial charge in [0, 0.05) is 6.08 Å². The van der Waals surface area contributed by atoms with Crippen LogP contribution in [0, 0.1) is 0 Å². The van der Waals surface area contributed by atoms with Crippen molar-refractivity contribution in [2.24, 2.45) is 0 Å². The Hall–Kier alpha value is -2.39. The average Bonchev–Trinajstić information content (AvgIpc) is 2.70. The van der Waals surface area contributed by atoms with Crippen LogP contribution in [0.4, 0.5) is 0 Å². The van der Waals surface area contributed by atoms with Gasteiger partial charge in [0.05, 0.1) is 6.61 Å². The monoisotopic (exact) mass is 392 g/mol. The van der Waals surface area contributed by atoms with Gasteiger partial charge in [-0.15, -0.1) is 0 Å². The summed E-state index contributed by atoms with van der Waals surface area (Å²) < 4.78 is 4.89. The topological polar surface area (TPSA) is 46.5 Å². The highest BCUT2D eigenvalue weighted by Gasteiger charge is 2.37. The van der Waals surface area contributed by atoms with Gasteiger partial charge in [-0.05, 0) is 64.5 Å². The molecule has 2 aromatic rings. The second-order valence-corrected chi connectivity index (χ2v) is 9.23. The minimum Gasteiger partial charge on any atom is -0.463 e. The molecule has 0 amide bonds. The Labute approximate surface area is 174 Å². The first kappa shape index (κ1) is 21.3. The molecule has 0 spiro atoms. The van der Waals surface area contributed by atoms with E-state index in [1.54, 1.807) is 13.0 Å². The average molecular weight is 393 g/mol. The summed E-state index contributed by atoms with van der Waals surface area (Å²) in [5, 5.41) is 11.0. The Morgan fingerprint density at radius 2 is 1.59 bits per heavy atom. The maximum Gasteiger partial charge on any atom is 0.330 e. The second kappa shape index (κ2) is 8.16. The summed E-state index contributed by atoms with van der Waals surface area (Å²) in [6.07, 6.45) is 4.79. The van der Waals surface area contributed by atoms with Crippen LogP contribution < -0.4 is 0 Å². The number of esters is 1. The first-order valence-electron chi connectivity index (χ1n) is 10.4. The van der Waals surface area contributed by atoms with Crippen LogP contribution in [-0.2, 0) is 20.4 Å². The maximum atomic E-state index is 11.4. The van der Waals surface area contributed by atoms with E-state index in [1.165, 1.54) is 23.6 Å². The molecule has 1 aliphatic rings. The van der Waals surface area contributed by atoms with Crippen LogP contribution in [0.1, 0.15) is 81.4 Å². The van der Waals surface area contributed by atoms with Crippen LogP contribution in [0.25, 0.3) is 6.08 Å². The summed E-state index contributed by atoms with van der Waals surface area (Å²) >= 11 is 0. The Morgan fingerprint density at radius 1 is 1.00 bits per heavy atom. The number of carbonyl (C=O) groups excluding carboxylic acids is 1. The van der Waals surface area contributed by atoms with Crippen molar-refractivity contribution in [3.05, 3.63) is 76.4 Å². The van der Waals surface area contributed by atoms with Gasteiger partial charge < -0.3 is 9.84 Å². The lowest BCUT2D eigenvalue weighted by Gasteiger charge is -2.42. The van der Waals surface area contributed by atoms with Crippen LogP contribution in [0.5, 0.6) is 0 Å². The highest BCUT2D eigenvalue weighted by Crippen LogP contribution is 2.46. The third-order valence-electron chi connectivity index (χ3n) is 6.14. The molecule has 0 aromatic heterocycles. The fraction of sp³-hybridized carbons (Fsp3) is 0.423. The number of benzene rings is 2. The molecule has 0 aliphatic heterocycles. The van der Waals surface area contributed by atoms with Crippen LogP contribution in [0.2, 0.25) is 0 Å². The molecule has 3 rings (SSSR count). The van der Waals surface area contributed by atoms with Gasteiger partial charge in [-0.3, -0.25) is 0 Å². The third kappa shape index (κ3) is 4.62. The lowest BCUT2D eigenvalue weighted by atomic mass is 9.63. The van der Waals surface area contributed by atoms with E-state index in [1.807, 2.05) is 24.3 Å². The zero-order valence-corrected chi connectivity index (χ0v) is 18.2. The number of ether oxygens (including phenoxy) is 1. The zero-order valence-electron chi connectivity index (χ0n) is 18.2. The summed E-state index contributed by atoms with van der Waals surface area (Å²) in [6, 6.07) is 14.1. The van der Waals surface area contributed by atoms with E-state index >= 15 is 0 Å². The highest BCUT2D eigenvalue weighted by molar-refractivity contribution is 5.87. The summed E-state index contributed by atoms with van der Waals surface area (Å²) in [7, 11) is 0. The highest BCUT2D eigenvalue weighted by atomic mass is 16.5. The second-order valence-electron chi connectivity index (χ2n) is 9.23. The molecule has 3 heteroatoms. The number of aliphatic hydroxyl groups is 1. The molecule has 0 bridgehead atoms. The van der Waals surface area contributed by atoms with Gasteiger partial charge in [0.15, 0.2) is 0 Å². The van der Waals surface area contributed by atoms with Crippen LogP contribution in [-0.4, -0.2) is 17.7 Å². The normalized spacial score (nSPS) is 18.3. The summed E-state index contributed by atoms with van der Waals surface area (Å²) in [6.45, 7) is 11.3. The predicted octanol–water partition coefficient (Wildman–Crippen LogP) is 5.69. The standard InChI is InChI=1S/C26H32O3/c1-6-29-23(27)14-9-18-7-10-19(11-8-18)24(28)20-12-13-21-22(17-20)26(4,5)16-15-25(21,2)3/h7-14,17,24,28H,6,15-16H2,1-5H3. The Bertz CT molecular complexity index is 904. The van der Waals surface area contributed by atoms with Crippen molar-refractivity contribution in [2.75, 3.05) is 6.61 Å². The van der Waals surface area contributed by atoms with Crippen molar-refractivity contribution in [1.29, 1.82) is 0 Å².